The molecular weight excluding hydrogens is 199 g/mol. The van der Waals surface area contributed by atoms with Crippen molar-refractivity contribution in [1.82, 2.24) is 0 Å². The SMILES string of the molecule is CCC(=O)[P+](=O)COc1ccccc1. The quantitative estimate of drug-likeness (QED) is 0.703. The molecule has 0 N–H and O–H groups in total. The molecule has 0 aliphatic rings. The molecule has 74 valence electrons. The van der Waals surface area contributed by atoms with E-state index in [2.05, 4.69) is 0 Å². The molecule has 0 heterocycles. The number of hydrogen-bond donors (Lipinski definition) is 0. The molecule has 0 radical (unpaired) electrons. The van der Waals surface area contributed by atoms with E-state index >= 15 is 0 Å². The lowest BCUT2D eigenvalue weighted by atomic mass is 10.3. The van der Waals surface area contributed by atoms with Crippen molar-refractivity contribution in [2.24, 2.45) is 0 Å². The summed E-state index contributed by atoms with van der Waals surface area (Å²) in [5, 5.41) is 0. The smallest absolute Gasteiger partial charge is 0.448 e. The van der Waals surface area contributed by atoms with Crippen molar-refractivity contribution < 1.29 is 14.1 Å². The van der Waals surface area contributed by atoms with Gasteiger partial charge in [-0.3, -0.25) is 0 Å². The molecule has 14 heavy (non-hydrogen) atoms. The van der Waals surface area contributed by atoms with Gasteiger partial charge in [0.25, 0.3) is 6.35 Å². The minimum atomic E-state index is -1.88. The Balaban J connectivity index is 2.42. The molecule has 0 spiro atoms. The van der Waals surface area contributed by atoms with Crippen molar-refractivity contribution in [2.75, 3.05) is 6.35 Å². The van der Waals surface area contributed by atoms with Crippen LogP contribution in [0.2, 0.25) is 0 Å². The van der Waals surface area contributed by atoms with Crippen LogP contribution < -0.4 is 4.74 Å². The lowest BCUT2D eigenvalue weighted by Gasteiger charge is -1.97. The highest BCUT2D eigenvalue weighted by molar-refractivity contribution is 7.63. The molecule has 1 atom stereocenters. The Morgan fingerprint density at radius 3 is 2.57 bits per heavy atom. The van der Waals surface area contributed by atoms with E-state index < -0.39 is 7.80 Å². The summed E-state index contributed by atoms with van der Waals surface area (Å²) in [5.74, 6) is 0.639. The average Bonchev–Trinajstić information content (AvgIpc) is 2.26. The number of carbonyl (C=O) groups is 1. The van der Waals surface area contributed by atoms with Gasteiger partial charge in [0.05, 0.1) is 6.42 Å². The first kappa shape index (κ1) is 10.9. The topological polar surface area (TPSA) is 43.4 Å². The van der Waals surface area contributed by atoms with Crippen LogP contribution in [0.25, 0.3) is 0 Å². The van der Waals surface area contributed by atoms with Crippen LogP contribution in [0, 0.1) is 0 Å². The summed E-state index contributed by atoms with van der Waals surface area (Å²) in [7, 11) is -1.88. The van der Waals surface area contributed by atoms with Crippen LogP contribution in [0.4, 0.5) is 0 Å². The van der Waals surface area contributed by atoms with Crippen LogP contribution in [0.15, 0.2) is 30.3 Å². The van der Waals surface area contributed by atoms with Crippen molar-refractivity contribution in [3.63, 3.8) is 0 Å². The first-order valence-corrected chi connectivity index (χ1v) is 5.84. The van der Waals surface area contributed by atoms with Crippen molar-refractivity contribution in [3.05, 3.63) is 30.3 Å². The van der Waals surface area contributed by atoms with Gasteiger partial charge in [0, 0.05) is 0 Å². The molecule has 0 saturated heterocycles. The zero-order chi connectivity index (χ0) is 10.4. The highest BCUT2D eigenvalue weighted by atomic mass is 31.1. The Morgan fingerprint density at radius 1 is 1.36 bits per heavy atom. The number of hydrogen-bond acceptors (Lipinski definition) is 3. The van der Waals surface area contributed by atoms with Crippen LogP contribution >= 0.6 is 7.80 Å². The third kappa shape index (κ3) is 3.27. The lowest BCUT2D eigenvalue weighted by molar-refractivity contribution is -0.111. The molecule has 0 amide bonds. The summed E-state index contributed by atoms with van der Waals surface area (Å²) >= 11 is 0. The minimum absolute atomic E-state index is 0.0218. The van der Waals surface area contributed by atoms with Crippen LogP contribution in [0.5, 0.6) is 5.75 Å². The second-order valence-electron chi connectivity index (χ2n) is 2.71. The Bertz CT molecular complexity index is 321. The van der Waals surface area contributed by atoms with Gasteiger partial charge < -0.3 is 4.74 Å². The first-order valence-electron chi connectivity index (χ1n) is 4.39. The van der Waals surface area contributed by atoms with E-state index in [1.165, 1.54) is 0 Å². The van der Waals surface area contributed by atoms with E-state index in [0.29, 0.717) is 12.2 Å². The highest BCUT2D eigenvalue weighted by Crippen LogP contribution is 2.24. The molecule has 0 fully saturated rings. The van der Waals surface area contributed by atoms with Crippen molar-refractivity contribution >= 4 is 13.3 Å². The zero-order valence-electron chi connectivity index (χ0n) is 7.97. The van der Waals surface area contributed by atoms with Gasteiger partial charge in [0.1, 0.15) is 5.75 Å². The third-order valence-corrected chi connectivity index (χ3v) is 2.91. The van der Waals surface area contributed by atoms with Gasteiger partial charge in [-0.05, 0) is 12.1 Å². The van der Waals surface area contributed by atoms with Gasteiger partial charge >= 0.3 is 13.3 Å². The Labute approximate surface area is 83.9 Å². The van der Waals surface area contributed by atoms with Gasteiger partial charge in [0.2, 0.25) is 0 Å². The predicted molar refractivity (Wildman–Crippen MR) is 54.8 cm³/mol. The van der Waals surface area contributed by atoms with E-state index in [1.54, 1.807) is 19.1 Å². The fourth-order valence-corrected chi connectivity index (χ4v) is 1.66. The van der Waals surface area contributed by atoms with Gasteiger partial charge in [-0.15, -0.1) is 0 Å². The summed E-state index contributed by atoms with van der Waals surface area (Å²) in [6.07, 6.45) is 0.277. The van der Waals surface area contributed by atoms with Crippen molar-refractivity contribution in [1.29, 1.82) is 0 Å². The summed E-state index contributed by atoms with van der Waals surface area (Å²) in [6, 6.07) is 9.04. The van der Waals surface area contributed by atoms with E-state index in [9.17, 15) is 9.36 Å². The van der Waals surface area contributed by atoms with E-state index in [0.717, 1.165) is 0 Å². The second kappa shape index (κ2) is 5.51. The molecular formula is C10H12O3P+. The van der Waals surface area contributed by atoms with E-state index in [1.807, 2.05) is 18.2 Å². The molecule has 0 aromatic heterocycles. The Kier molecular flexibility index (Phi) is 4.27. The molecule has 1 aromatic carbocycles. The summed E-state index contributed by atoms with van der Waals surface area (Å²) < 4.78 is 16.4. The van der Waals surface area contributed by atoms with Gasteiger partial charge in [-0.2, -0.15) is 0 Å². The van der Waals surface area contributed by atoms with Crippen LogP contribution in [-0.2, 0) is 9.36 Å². The standard InChI is InChI=1S/C10H12O3P/c1-2-10(11)14(12)8-13-9-6-4-3-5-7-9/h3-7H,2,8H2,1H3/q+1. The lowest BCUT2D eigenvalue weighted by Crippen LogP contribution is -1.97. The molecule has 1 rings (SSSR count). The molecule has 0 saturated carbocycles. The molecule has 4 heteroatoms. The largest absolute Gasteiger partial charge is 0.455 e. The first-order chi connectivity index (χ1) is 6.74. The van der Waals surface area contributed by atoms with Crippen LogP contribution in [0.1, 0.15) is 13.3 Å². The van der Waals surface area contributed by atoms with Gasteiger partial charge in [-0.1, -0.05) is 29.7 Å². The summed E-state index contributed by atoms with van der Waals surface area (Å²) in [4.78, 5) is 11.0. The second-order valence-corrected chi connectivity index (χ2v) is 4.23. The maximum atomic E-state index is 11.2. The molecule has 0 aliphatic heterocycles. The fraction of sp³-hybridized carbons (Fsp3) is 0.300. The fourth-order valence-electron chi connectivity index (χ4n) is 0.898. The summed E-state index contributed by atoms with van der Waals surface area (Å²) in [6.45, 7) is 1.69. The number of carbonyl (C=O) groups excluding carboxylic acids is 1. The van der Waals surface area contributed by atoms with E-state index in [4.69, 9.17) is 4.74 Å². The number of ether oxygens (including phenoxy) is 1. The molecule has 3 nitrogen and oxygen atoms in total. The number of rotatable bonds is 5. The normalized spacial score (nSPS) is 10.8. The maximum absolute atomic E-state index is 11.2. The molecule has 0 bridgehead atoms. The maximum Gasteiger partial charge on any atom is 0.455 e. The highest BCUT2D eigenvalue weighted by Gasteiger charge is 2.26. The van der Waals surface area contributed by atoms with Crippen LogP contribution in [0.3, 0.4) is 0 Å². The molecule has 1 aromatic rings. The molecule has 1 unspecified atom stereocenters. The number of benzene rings is 1. The number of para-hydroxylation sites is 1. The average molecular weight is 211 g/mol. The van der Waals surface area contributed by atoms with Crippen molar-refractivity contribution in [3.8, 4) is 5.75 Å². The Hall–Kier alpha value is -1.21. The predicted octanol–water partition coefficient (Wildman–Crippen LogP) is 2.79. The Morgan fingerprint density at radius 2 is 2.00 bits per heavy atom. The van der Waals surface area contributed by atoms with Gasteiger partial charge in [0.15, 0.2) is 0 Å². The van der Waals surface area contributed by atoms with Crippen LogP contribution in [-0.4, -0.2) is 11.9 Å². The van der Waals surface area contributed by atoms with E-state index in [-0.39, 0.29) is 11.9 Å². The minimum Gasteiger partial charge on any atom is -0.448 e. The third-order valence-electron chi connectivity index (χ3n) is 1.67. The summed E-state index contributed by atoms with van der Waals surface area (Å²) in [5.41, 5.74) is -0.240. The van der Waals surface area contributed by atoms with Gasteiger partial charge in [-0.25, -0.2) is 4.79 Å². The monoisotopic (exact) mass is 211 g/mol. The van der Waals surface area contributed by atoms with Crippen molar-refractivity contribution in [2.45, 2.75) is 13.3 Å². The zero-order valence-corrected chi connectivity index (χ0v) is 8.87. The molecule has 0 aliphatic carbocycles.